The molecule has 0 fully saturated rings. The van der Waals surface area contributed by atoms with Gasteiger partial charge in [0.15, 0.2) is 11.0 Å². The first-order valence-corrected chi connectivity index (χ1v) is 6.12. The second-order valence-corrected chi connectivity index (χ2v) is 4.49. The maximum Gasteiger partial charge on any atom is 0.437 e. The summed E-state index contributed by atoms with van der Waals surface area (Å²) in [5.41, 5.74) is 3.94. The highest BCUT2D eigenvalue weighted by molar-refractivity contribution is 5.90. The third-order valence-corrected chi connectivity index (χ3v) is 3.09. The predicted octanol–water partition coefficient (Wildman–Crippen LogP) is 2.07. The topological polar surface area (TPSA) is 112 Å². The SMILES string of the molecule is Cc1c(N)c(C(F)(F)F)nn1Cc1ccncc1C(=O)ON=O. The van der Waals surface area contributed by atoms with Gasteiger partial charge in [-0.2, -0.15) is 18.3 Å². The van der Waals surface area contributed by atoms with Crippen LogP contribution in [0.25, 0.3) is 0 Å². The normalized spacial score (nSPS) is 11.3. The van der Waals surface area contributed by atoms with E-state index < -0.39 is 23.5 Å². The molecule has 0 saturated carbocycles. The fraction of sp³-hybridized carbons (Fsp3) is 0.250. The lowest BCUT2D eigenvalue weighted by Crippen LogP contribution is -2.12. The number of carbonyl (C=O) groups is 1. The summed E-state index contributed by atoms with van der Waals surface area (Å²) in [4.78, 5) is 29.3. The second-order valence-electron chi connectivity index (χ2n) is 4.49. The van der Waals surface area contributed by atoms with E-state index in [0.29, 0.717) is 0 Å². The Morgan fingerprint density at radius 1 is 1.48 bits per heavy atom. The lowest BCUT2D eigenvalue weighted by atomic mass is 10.1. The van der Waals surface area contributed by atoms with Gasteiger partial charge in [-0.25, -0.2) is 4.79 Å². The first kappa shape index (κ1) is 16.4. The Hall–Kier alpha value is -2.98. The molecule has 0 aliphatic heterocycles. The molecule has 2 aromatic heterocycles. The van der Waals surface area contributed by atoms with Crippen molar-refractivity contribution in [3.63, 3.8) is 0 Å². The van der Waals surface area contributed by atoms with Crippen LogP contribution in [0.15, 0.2) is 23.8 Å². The second kappa shape index (κ2) is 6.02. The number of hydrogen-bond acceptors (Lipinski definition) is 7. The van der Waals surface area contributed by atoms with E-state index in [2.05, 4.69) is 14.9 Å². The van der Waals surface area contributed by atoms with Gasteiger partial charge in [0.05, 0.1) is 23.5 Å². The van der Waals surface area contributed by atoms with E-state index in [-0.39, 0.29) is 23.4 Å². The summed E-state index contributed by atoms with van der Waals surface area (Å²) < 4.78 is 39.4. The van der Waals surface area contributed by atoms with Crippen LogP contribution in [0.4, 0.5) is 18.9 Å². The molecule has 0 spiro atoms. The Kier molecular flexibility index (Phi) is 4.29. The molecule has 2 rings (SSSR count). The minimum atomic E-state index is -4.69. The van der Waals surface area contributed by atoms with E-state index in [1.807, 2.05) is 5.34 Å². The molecule has 2 N–H and O–H groups in total. The highest BCUT2D eigenvalue weighted by atomic mass is 19.4. The predicted molar refractivity (Wildman–Crippen MR) is 70.9 cm³/mol. The first-order chi connectivity index (χ1) is 10.8. The molecule has 0 aromatic carbocycles. The third-order valence-electron chi connectivity index (χ3n) is 3.09. The van der Waals surface area contributed by atoms with Crippen molar-refractivity contribution in [1.82, 2.24) is 14.8 Å². The van der Waals surface area contributed by atoms with E-state index in [9.17, 15) is 22.9 Å². The van der Waals surface area contributed by atoms with E-state index in [0.717, 1.165) is 10.9 Å². The number of rotatable bonds is 4. The highest BCUT2D eigenvalue weighted by Gasteiger charge is 2.38. The van der Waals surface area contributed by atoms with Gasteiger partial charge in [0.2, 0.25) is 0 Å². The summed E-state index contributed by atoms with van der Waals surface area (Å²) in [6.45, 7) is 1.17. The number of nitrogens with two attached hydrogens (primary N) is 1. The zero-order chi connectivity index (χ0) is 17.2. The fourth-order valence-corrected chi connectivity index (χ4v) is 1.91. The molecule has 0 aliphatic carbocycles. The lowest BCUT2D eigenvalue weighted by molar-refractivity contribution is -0.140. The largest absolute Gasteiger partial charge is 0.437 e. The highest BCUT2D eigenvalue weighted by Crippen LogP contribution is 2.34. The van der Waals surface area contributed by atoms with Crippen LogP contribution in [0.1, 0.15) is 27.3 Å². The van der Waals surface area contributed by atoms with Crippen molar-refractivity contribution in [3.05, 3.63) is 45.9 Å². The minimum Gasteiger partial charge on any atom is -0.395 e. The maximum atomic E-state index is 12.8. The average molecular weight is 329 g/mol. The first-order valence-electron chi connectivity index (χ1n) is 6.12. The smallest absolute Gasteiger partial charge is 0.395 e. The zero-order valence-electron chi connectivity index (χ0n) is 11.7. The molecule has 2 heterocycles. The Bertz CT molecular complexity index is 757. The zero-order valence-corrected chi connectivity index (χ0v) is 11.7. The monoisotopic (exact) mass is 329 g/mol. The van der Waals surface area contributed by atoms with Crippen LogP contribution in [-0.4, -0.2) is 20.7 Å². The number of aromatic nitrogens is 3. The summed E-state index contributed by atoms with van der Waals surface area (Å²) in [6, 6.07) is 1.38. The number of carbonyl (C=O) groups excluding carboxylic acids is 1. The summed E-state index contributed by atoms with van der Waals surface area (Å²) in [6.07, 6.45) is -2.26. The van der Waals surface area contributed by atoms with Crippen molar-refractivity contribution in [3.8, 4) is 0 Å². The van der Waals surface area contributed by atoms with Crippen LogP contribution in [-0.2, 0) is 17.6 Å². The van der Waals surface area contributed by atoms with E-state index in [1.54, 1.807) is 0 Å². The molecule has 23 heavy (non-hydrogen) atoms. The Balaban J connectivity index is 2.41. The van der Waals surface area contributed by atoms with Gasteiger partial charge in [-0.05, 0) is 18.6 Å². The quantitative estimate of drug-likeness (QED) is 0.679. The number of halogens is 3. The van der Waals surface area contributed by atoms with Gasteiger partial charge in [0.25, 0.3) is 0 Å². The summed E-state index contributed by atoms with van der Waals surface area (Å²) in [7, 11) is 0. The molecule has 0 atom stereocenters. The lowest BCUT2D eigenvalue weighted by Gasteiger charge is -2.08. The molecule has 0 bridgehead atoms. The summed E-state index contributed by atoms with van der Waals surface area (Å²) >= 11 is 0. The van der Waals surface area contributed by atoms with Crippen molar-refractivity contribution in [2.24, 2.45) is 5.34 Å². The van der Waals surface area contributed by atoms with E-state index >= 15 is 0 Å². The van der Waals surface area contributed by atoms with Crippen LogP contribution in [0, 0.1) is 11.8 Å². The number of nitrogen functional groups attached to an aromatic ring is 1. The minimum absolute atomic E-state index is 0.0852. The molecule has 8 nitrogen and oxygen atoms in total. The Labute approximate surface area is 127 Å². The molecule has 0 radical (unpaired) electrons. The van der Waals surface area contributed by atoms with Crippen LogP contribution in [0.2, 0.25) is 0 Å². The summed E-state index contributed by atoms with van der Waals surface area (Å²) in [5, 5.41) is 5.44. The Morgan fingerprint density at radius 3 is 2.74 bits per heavy atom. The van der Waals surface area contributed by atoms with Crippen LogP contribution < -0.4 is 5.73 Å². The van der Waals surface area contributed by atoms with Crippen molar-refractivity contribution >= 4 is 11.7 Å². The van der Waals surface area contributed by atoms with Gasteiger partial charge < -0.3 is 5.73 Å². The maximum absolute atomic E-state index is 12.8. The summed E-state index contributed by atoms with van der Waals surface area (Å²) in [5.74, 6) is -1.07. The molecule has 122 valence electrons. The molecule has 2 aromatic rings. The van der Waals surface area contributed by atoms with Crippen molar-refractivity contribution in [1.29, 1.82) is 0 Å². The van der Waals surface area contributed by atoms with Gasteiger partial charge in [-0.15, -0.1) is 4.91 Å². The van der Waals surface area contributed by atoms with Gasteiger partial charge >= 0.3 is 12.1 Å². The van der Waals surface area contributed by atoms with Gasteiger partial charge in [0, 0.05) is 12.4 Å². The Morgan fingerprint density at radius 2 is 2.17 bits per heavy atom. The van der Waals surface area contributed by atoms with Gasteiger partial charge in [-0.1, -0.05) is 0 Å². The number of anilines is 1. The van der Waals surface area contributed by atoms with Crippen molar-refractivity contribution < 1.29 is 22.8 Å². The molecular formula is C12H10F3N5O3. The van der Waals surface area contributed by atoms with Crippen molar-refractivity contribution in [2.75, 3.05) is 5.73 Å². The van der Waals surface area contributed by atoms with Crippen LogP contribution in [0.3, 0.4) is 0 Å². The van der Waals surface area contributed by atoms with Crippen molar-refractivity contribution in [2.45, 2.75) is 19.6 Å². The molecule has 0 amide bonds. The molecule has 0 aliphatic rings. The van der Waals surface area contributed by atoms with Gasteiger partial charge in [-0.3, -0.25) is 14.5 Å². The number of alkyl halides is 3. The number of nitrogens with zero attached hydrogens (tertiary/aromatic N) is 4. The molecule has 0 unspecified atom stereocenters. The average Bonchev–Trinajstić information content (AvgIpc) is 2.76. The van der Waals surface area contributed by atoms with Gasteiger partial charge in [0.1, 0.15) is 0 Å². The standard InChI is InChI=1S/C12H10F3N5O3/c1-6-9(16)10(12(13,14)15)18-20(6)5-7-2-3-17-4-8(7)11(21)23-19-22/h2-4H,5,16H2,1H3. The molecule has 0 saturated heterocycles. The molecular weight excluding hydrogens is 319 g/mol. The van der Waals surface area contributed by atoms with E-state index in [1.165, 1.54) is 19.2 Å². The number of pyridine rings is 1. The van der Waals surface area contributed by atoms with Crippen LogP contribution in [0.5, 0.6) is 0 Å². The van der Waals surface area contributed by atoms with Crippen LogP contribution >= 0.6 is 0 Å². The number of hydrogen-bond donors (Lipinski definition) is 1. The molecule has 11 heteroatoms. The van der Waals surface area contributed by atoms with E-state index in [4.69, 9.17) is 5.73 Å². The third kappa shape index (κ3) is 3.27. The fourth-order valence-electron chi connectivity index (χ4n) is 1.91.